The van der Waals surface area contributed by atoms with Crippen LogP contribution in [0.5, 0.6) is 11.5 Å². The van der Waals surface area contributed by atoms with E-state index in [2.05, 4.69) is 15.2 Å². The van der Waals surface area contributed by atoms with E-state index in [1.165, 1.54) is 6.07 Å². The van der Waals surface area contributed by atoms with E-state index < -0.39 is 0 Å². The zero-order chi connectivity index (χ0) is 21.3. The van der Waals surface area contributed by atoms with Gasteiger partial charge in [-0.15, -0.1) is 0 Å². The van der Waals surface area contributed by atoms with Crippen molar-refractivity contribution in [1.29, 1.82) is 0 Å². The van der Waals surface area contributed by atoms with Crippen LogP contribution >= 0.6 is 0 Å². The maximum absolute atomic E-state index is 13.8. The molecule has 2 aromatic rings. The number of hydrogen-bond acceptors (Lipinski definition) is 5. The number of nitrogens with two attached hydrogens (primary N) is 1. The Balaban J connectivity index is 1.65. The molecule has 0 aromatic heterocycles. The molecule has 7 nitrogen and oxygen atoms in total. The maximum Gasteiger partial charge on any atom is 0.188 e. The summed E-state index contributed by atoms with van der Waals surface area (Å²) in [4.78, 5) is 6.69. The van der Waals surface area contributed by atoms with Gasteiger partial charge >= 0.3 is 0 Å². The van der Waals surface area contributed by atoms with Crippen molar-refractivity contribution >= 4 is 5.96 Å². The first kappa shape index (κ1) is 21.9. The zero-order valence-corrected chi connectivity index (χ0v) is 17.4. The van der Waals surface area contributed by atoms with Gasteiger partial charge in [0.15, 0.2) is 17.5 Å². The molecule has 1 aliphatic heterocycles. The van der Waals surface area contributed by atoms with E-state index >= 15 is 0 Å². The molecule has 1 atom stereocenters. The van der Waals surface area contributed by atoms with Crippen LogP contribution in [0.1, 0.15) is 17.2 Å². The molecule has 1 heterocycles. The number of hydrogen-bond donors (Lipinski definition) is 2. The van der Waals surface area contributed by atoms with Crippen LogP contribution in [0.25, 0.3) is 0 Å². The Kier molecular flexibility index (Phi) is 7.87. The number of methoxy groups -OCH3 is 2. The van der Waals surface area contributed by atoms with Gasteiger partial charge < -0.3 is 25.3 Å². The van der Waals surface area contributed by atoms with Gasteiger partial charge in [-0.3, -0.25) is 4.90 Å². The van der Waals surface area contributed by atoms with Gasteiger partial charge in [-0.25, -0.2) is 9.38 Å². The summed E-state index contributed by atoms with van der Waals surface area (Å²) in [6, 6.07) is 12.3. The van der Waals surface area contributed by atoms with Crippen LogP contribution in [0.15, 0.2) is 47.5 Å². The number of aliphatic imine (C=N–C) groups is 1. The fourth-order valence-electron chi connectivity index (χ4n) is 3.47. The van der Waals surface area contributed by atoms with Gasteiger partial charge in [-0.1, -0.05) is 18.2 Å². The van der Waals surface area contributed by atoms with Crippen molar-refractivity contribution in [2.45, 2.75) is 12.6 Å². The van der Waals surface area contributed by atoms with Gasteiger partial charge in [0, 0.05) is 19.6 Å². The van der Waals surface area contributed by atoms with Crippen LogP contribution in [-0.2, 0) is 11.3 Å². The molecule has 0 amide bonds. The van der Waals surface area contributed by atoms with E-state index in [0.717, 1.165) is 24.2 Å². The van der Waals surface area contributed by atoms with Crippen molar-refractivity contribution in [1.82, 2.24) is 10.2 Å². The molecule has 1 fully saturated rings. The van der Waals surface area contributed by atoms with Crippen LogP contribution in [0.3, 0.4) is 0 Å². The van der Waals surface area contributed by atoms with Crippen LogP contribution in [0.4, 0.5) is 4.39 Å². The molecule has 162 valence electrons. The minimum Gasteiger partial charge on any atom is -0.493 e. The summed E-state index contributed by atoms with van der Waals surface area (Å²) in [7, 11) is 3.19. The van der Waals surface area contributed by atoms with Crippen molar-refractivity contribution in [2.24, 2.45) is 10.7 Å². The summed E-state index contributed by atoms with van der Waals surface area (Å²) >= 11 is 0. The number of rotatable bonds is 8. The molecule has 30 heavy (non-hydrogen) atoms. The van der Waals surface area contributed by atoms with Gasteiger partial charge in [-0.2, -0.15) is 0 Å². The van der Waals surface area contributed by atoms with Crippen molar-refractivity contribution < 1.29 is 18.6 Å². The molecular formula is C22H29FN4O3. The average molecular weight is 416 g/mol. The van der Waals surface area contributed by atoms with Crippen molar-refractivity contribution in [3.63, 3.8) is 0 Å². The molecule has 1 aliphatic rings. The largest absolute Gasteiger partial charge is 0.493 e. The molecule has 1 saturated heterocycles. The molecule has 0 aliphatic carbocycles. The Labute approximate surface area is 176 Å². The second kappa shape index (κ2) is 10.8. The highest BCUT2D eigenvalue weighted by Gasteiger charge is 2.23. The van der Waals surface area contributed by atoms with Gasteiger partial charge in [-0.05, 0) is 35.4 Å². The lowest BCUT2D eigenvalue weighted by Gasteiger charge is -2.35. The van der Waals surface area contributed by atoms with E-state index in [0.29, 0.717) is 43.8 Å². The van der Waals surface area contributed by atoms with Crippen LogP contribution < -0.4 is 20.5 Å². The standard InChI is InChI=1S/C22H29FN4O3/c1-28-20-7-6-16(12-21(20)29-2)14-25-22(24)26-15-19(27-8-10-30-11-9-27)17-4-3-5-18(23)13-17/h3-7,12-13,19H,8-11,14-15H2,1-2H3,(H3,24,25,26). The van der Waals surface area contributed by atoms with E-state index in [9.17, 15) is 4.39 Å². The second-order valence-corrected chi connectivity index (χ2v) is 6.99. The topological polar surface area (TPSA) is 81.3 Å². The highest BCUT2D eigenvalue weighted by atomic mass is 19.1. The van der Waals surface area contributed by atoms with E-state index in [4.69, 9.17) is 19.9 Å². The van der Waals surface area contributed by atoms with Crippen LogP contribution in [0.2, 0.25) is 0 Å². The maximum atomic E-state index is 13.8. The third kappa shape index (κ3) is 5.84. The lowest BCUT2D eigenvalue weighted by Crippen LogP contribution is -2.45. The Bertz CT molecular complexity index is 856. The van der Waals surface area contributed by atoms with Crippen LogP contribution in [0, 0.1) is 5.82 Å². The van der Waals surface area contributed by atoms with Crippen LogP contribution in [-0.4, -0.2) is 57.9 Å². The number of benzene rings is 2. The summed E-state index contributed by atoms with van der Waals surface area (Å²) in [6.45, 7) is 3.81. The second-order valence-electron chi connectivity index (χ2n) is 6.99. The Hall–Kier alpha value is -2.84. The van der Waals surface area contributed by atoms with E-state index in [1.54, 1.807) is 26.4 Å². The first-order chi connectivity index (χ1) is 14.6. The molecule has 0 bridgehead atoms. The van der Waals surface area contributed by atoms with Gasteiger partial charge in [0.25, 0.3) is 0 Å². The smallest absolute Gasteiger partial charge is 0.188 e. The molecule has 1 unspecified atom stereocenters. The Morgan fingerprint density at radius 3 is 2.63 bits per heavy atom. The highest BCUT2D eigenvalue weighted by Crippen LogP contribution is 2.27. The quantitative estimate of drug-likeness (QED) is 0.508. The Morgan fingerprint density at radius 2 is 1.93 bits per heavy atom. The zero-order valence-electron chi connectivity index (χ0n) is 17.4. The van der Waals surface area contributed by atoms with Gasteiger partial charge in [0.1, 0.15) is 5.82 Å². The summed E-state index contributed by atoms with van der Waals surface area (Å²) < 4.78 is 29.8. The first-order valence-corrected chi connectivity index (χ1v) is 9.92. The highest BCUT2D eigenvalue weighted by molar-refractivity contribution is 5.77. The third-order valence-electron chi connectivity index (χ3n) is 5.08. The van der Waals surface area contributed by atoms with E-state index in [1.807, 2.05) is 24.3 Å². The molecular weight excluding hydrogens is 387 g/mol. The Morgan fingerprint density at radius 1 is 1.17 bits per heavy atom. The lowest BCUT2D eigenvalue weighted by atomic mass is 10.0. The molecule has 3 N–H and O–H groups in total. The van der Waals surface area contributed by atoms with E-state index in [-0.39, 0.29) is 11.9 Å². The minimum atomic E-state index is -0.249. The molecule has 0 saturated carbocycles. The SMILES string of the molecule is COc1ccc(CN=C(N)NCC(c2cccc(F)c2)N2CCOCC2)cc1OC. The monoisotopic (exact) mass is 416 g/mol. The average Bonchev–Trinajstić information content (AvgIpc) is 2.78. The summed E-state index contributed by atoms with van der Waals surface area (Å²) in [5, 5.41) is 3.19. The summed E-state index contributed by atoms with van der Waals surface area (Å²) in [5.41, 5.74) is 7.95. The predicted octanol–water partition coefficient (Wildman–Crippen LogP) is 2.32. The van der Waals surface area contributed by atoms with Gasteiger partial charge in [0.2, 0.25) is 0 Å². The normalized spacial score (nSPS) is 16.2. The van der Waals surface area contributed by atoms with Crippen molar-refractivity contribution in [3.8, 4) is 11.5 Å². The number of guanidine groups is 1. The van der Waals surface area contributed by atoms with Crippen molar-refractivity contribution in [2.75, 3.05) is 47.1 Å². The summed E-state index contributed by atoms with van der Waals surface area (Å²) in [6.07, 6.45) is 0. The fraction of sp³-hybridized carbons (Fsp3) is 0.409. The summed E-state index contributed by atoms with van der Waals surface area (Å²) in [5.74, 6) is 1.40. The third-order valence-corrected chi connectivity index (χ3v) is 5.08. The van der Waals surface area contributed by atoms with Gasteiger partial charge in [0.05, 0.1) is 40.0 Å². The fourth-order valence-corrected chi connectivity index (χ4v) is 3.47. The number of nitrogens with one attached hydrogen (secondary N) is 1. The number of ether oxygens (including phenoxy) is 3. The first-order valence-electron chi connectivity index (χ1n) is 9.92. The number of nitrogens with zero attached hydrogens (tertiary/aromatic N) is 2. The number of halogens is 1. The molecule has 8 heteroatoms. The number of morpholine rings is 1. The molecule has 3 rings (SSSR count). The molecule has 0 radical (unpaired) electrons. The molecule has 0 spiro atoms. The predicted molar refractivity (Wildman–Crippen MR) is 114 cm³/mol. The van der Waals surface area contributed by atoms with Crippen molar-refractivity contribution in [3.05, 3.63) is 59.4 Å². The molecule has 2 aromatic carbocycles. The minimum absolute atomic E-state index is 0.0283. The lowest BCUT2D eigenvalue weighted by molar-refractivity contribution is 0.0169.